The molecule has 0 aliphatic rings. The number of carbonyl (C=O) groups is 2. The van der Waals surface area contributed by atoms with Crippen LogP contribution in [-0.2, 0) is 19.1 Å². The molecule has 0 heterocycles. The molecule has 0 saturated carbocycles. The third-order valence-electron chi connectivity index (χ3n) is 1.45. The predicted octanol–water partition coefficient (Wildman–Crippen LogP) is -1.23. The molecular formula is C8H16N2O4. The molecule has 1 atom stereocenters. The van der Waals surface area contributed by atoms with E-state index in [0.717, 1.165) is 0 Å². The van der Waals surface area contributed by atoms with Gasteiger partial charge in [0.15, 0.2) is 0 Å². The Kier molecular flexibility index (Phi) is 6.69. The van der Waals surface area contributed by atoms with Crippen LogP contribution in [0.1, 0.15) is 13.3 Å². The zero-order chi connectivity index (χ0) is 11.0. The molecule has 0 amide bonds. The molecule has 0 radical (unpaired) electrons. The van der Waals surface area contributed by atoms with Crippen LogP contribution in [0.5, 0.6) is 0 Å². The minimum Gasteiger partial charge on any atom is -0.465 e. The largest absolute Gasteiger partial charge is 0.465 e. The summed E-state index contributed by atoms with van der Waals surface area (Å²) in [5, 5.41) is 0. The van der Waals surface area contributed by atoms with Gasteiger partial charge in [0.05, 0.1) is 19.8 Å². The maximum atomic E-state index is 11.0. The van der Waals surface area contributed by atoms with Gasteiger partial charge in [-0.25, -0.2) is 0 Å². The summed E-state index contributed by atoms with van der Waals surface area (Å²) in [6, 6.07) is -0.750. The van der Waals surface area contributed by atoms with Crippen LogP contribution in [0.4, 0.5) is 0 Å². The fourth-order valence-corrected chi connectivity index (χ4v) is 0.726. The van der Waals surface area contributed by atoms with Gasteiger partial charge >= 0.3 is 11.9 Å². The van der Waals surface area contributed by atoms with Crippen molar-refractivity contribution in [2.45, 2.75) is 19.4 Å². The minimum absolute atomic E-state index is 0.0794. The fourth-order valence-electron chi connectivity index (χ4n) is 0.726. The number of esters is 2. The third-order valence-corrected chi connectivity index (χ3v) is 1.45. The van der Waals surface area contributed by atoms with Crippen molar-refractivity contribution < 1.29 is 19.1 Å². The molecule has 4 N–H and O–H groups in total. The van der Waals surface area contributed by atoms with Gasteiger partial charge < -0.3 is 20.9 Å². The summed E-state index contributed by atoms with van der Waals surface area (Å²) in [6.07, 6.45) is 0.241. The Labute approximate surface area is 82.5 Å². The monoisotopic (exact) mass is 204 g/mol. The van der Waals surface area contributed by atoms with Crippen LogP contribution < -0.4 is 11.5 Å². The molecule has 6 heteroatoms. The van der Waals surface area contributed by atoms with Crippen LogP contribution >= 0.6 is 0 Å². The third kappa shape index (κ3) is 5.50. The van der Waals surface area contributed by atoms with Gasteiger partial charge in [0, 0.05) is 6.42 Å². The summed E-state index contributed by atoms with van der Waals surface area (Å²) in [5.74, 6) is -1.00. The summed E-state index contributed by atoms with van der Waals surface area (Å²) in [6.45, 7) is 1.89. The van der Waals surface area contributed by atoms with E-state index in [9.17, 15) is 9.59 Å². The van der Waals surface area contributed by atoms with Crippen LogP contribution in [-0.4, -0.2) is 37.7 Å². The van der Waals surface area contributed by atoms with Crippen LogP contribution in [0.25, 0.3) is 0 Å². The molecular weight excluding hydrogens is 188 g/mol. The molecule has 0 saturated heterocycles. The highest BCUT2D eigenvalue weighted by Crippen LogP contribution is 1.93. The second kappa shape index (κ2) is 7.28. The molecule has 0 aromatic rings. The van der Waals surface area contributed by atoms with Gasteiger partial charge in [-0.3, -0.25) is 9.59 Å². The molecule has 0 bridgehead atoms. The number of hydrogen-bond donors (Lipinski definition) is 2. The summed E-state index contributed by atoms with van der Waals surface area (Å²) in [5.41, 5.74) is 10.4. The number of nitrogens with two attached hydrogens (primary N) is 2. The SMILES string of the molecule is CCOC(=O)[C@@H](N)CCOC(=O)CN. The second-order valence-electron chi connectivity index (χ2n) is 2.57. The first kappa shape index (κ1) is 12.9. The van der Waals surface area contributed by atoms with E-state index in [0.29, 0.717) is 0 Å². The number of ether oxygens (including phenoxy) is 2. The molecule has 0 aliphatic heterocycles. The highest BCUT2D eigenvalue weighted by Gasteiger charge is 2.14. The molecule has 82 valence electrons. The van der Waals surface area contributed by atoms with Gasteiger partial charge in [0.1, 0.15) is 6.04 Å². The van der Waals surface area contributed by atoms with Crippen molar-refractivity contribution in [2.75, 3.05) is 19.8 Å². The Bertz CT molecular complexity index is 196. The summed E-state index contributed by atoms with van der Waals surface area (Å²) < 4.78 is 9.30. The van der Waals surface area contributed by atoms with Crippen molar-refractivity contribution in [3.05, 3.63) is 0 Å². The Morgan fingerprint density at radius 3 is 2.50 bits per heavy atom. The Hall–Kier alpha value is -1.14. The van der Waals surface area contributed by atoms with E-state index in [1.54, 1.807) is 6.92 Å². The fraction of sp³-hybridized carbons (Fsp3) is 0.750. The van der Waals surface area contributed by atoms with Crippen molar-refractivity contribution in [1.29, 1.82) is 0 Å². The van der Waals surface area contributed by atoms with Crippen molar-refractivity contribution in [3.8, 4) is 0 Å². The highest BCUT2D eigenvalue weighted by atomic mass is 16.5. The van der Waals surface area contributed by atoms with Gasteiger partial charge in [-0.2, -0.15) is 0 Å². The molecule has 0 aromatic carbocycles. The lowest BCUT2D eigenvalue weighted by Gasteiger charge is -2.10. The molecule has 0 rings (SSSR count). The molecule has 0 aliphatic carbocycles. The normalized spacial score (nSPS) is 11.9. The lowest BCUT2D eigenvalue weighted by atomic mass is 10.2. The Balaban J connectivity index is 3.58. The molecule has 6 nitrogen and oxygen atoms in total. The molecule has 0 aromatic heterocycles. The average molecular weight is 204 g/mol. The van der Waals surface area contributed by atoms with Gasteiger partial charge in [-0.1, -0.05) is 0 Å². The van der Waals surface area contributed by atoms with E-state index in [1.807, 2.05) is 0 Å². The van der Waals surface area contributed by atoms with Gasteiger partial charge in [0.2, 0.25) is 0 Å². The molecule has 0 unspecified atom stereocenters. The quantitative estimate of drug-likeness (QED) is 0.525. The van der Waals surface area contributed by atoms with E-state index in [1.165, 1.54) is 0 Å². The summed E-state index contributed by atoms with van der Waals surface area (Å²) >= 11 is 0. The van der Waals surface area contributed by atoms with Gasteiger partial charge in [-0.05, 0) is 6.92 Å². The van der Waals surface area contributed by atoms with Crippen LogP contribution in [0, 0.1) is 0 Å². The van der Waals surface area contributed by atoms with Crippen LogP contribution in [0.3, 0.4) is 0 Å². The van der Waals surface area contributed by atoms with Gasteiger partial charge in [-0.15, -0.1) is 0 Å². The van der Waals surface area contributed by atoms with Crippen molar-refractivity contribution in [3.63, 3.8) is 0 Å². The topological polar surface area (TPSA) is 105 Å². The first-order valence-corrected chi connectivity index (χ1v) is 4.39. The highest BCUT2D eigenvalue weighted by molar-refractivity contribution is 5.75. The van der Waals surface area contributed by atoms with E-state index >= 15 is 0 Å². The molecule has 14 heavy (non-hydrogen) atoms. The maximum Gasteiger partial charge on any atom is 0.323 e. The smallest absolute Gasteiger partial charge is 0.323 e. The Morgan fingerprint density at radius 1 is 1.36 bits per heavy atom. The van der Waals surface area contributed by atoms with Crippen molar-refractivity contribution in [1.82, 2.24) is 0 Å². The summed E-state index contributed by atoms with van der Waals surface area (Å²) in [7, 11) is 0. The number of hydrogen-bond acceptors (Lipinski definition) is 6. The Morgan fingerprint density at radius 2 is 2.00 bits per heavy atom. The van der Waals surface area contributed by atoms with Gasteiger partial charge in [0.25, 0.3) is 0 Å². The minimum atomic E-state index is -0.750. The second-order valence-corrected chi connectivity index (χ2v) is 2.57. The number of carbonyl (C=O) groups excluding carboxylic acids is 2. The van der Waals surface area contributed by atoms with Crippen molar-refractivity contribution in [2.24, 2.45) is 11.5 Å². The summed E-state index contributed by atoms with van der Waals surface area (Å²) in [4.78, 5) is 21.6. The standard InChI is InChI=1S/C8H16N2O4/c1-2-13-8(12)6(10)3-4-14-7(11)5-9/h6H,2-5,9-10H2,1H3/t6-/m0/s1. The van der Waals surface area contributed by atoms with E-state index in [4.69, 9.17) is 11.5 Å². The first-order chi connectivity index (χ1) is 6.61. The first-order valence-electron chi connectivity index (χ1n) is 4.39. The predicted molar refractivity (Wildman–Crippen MR) is 49.2 cm³/mol. The van der Waals surface area contributed by atoms with Crippen molar-refractivity contribution >= 4 is 11.9 Å². The van der Waals surface area contributed by atoms with E-state index < -0.39 is 18.0 Å². The van der Waals surface area contributed by atoms with E-state index in [-0.39, 0.29) is 26.2 Å². The number of rotatable bonds is 6. The average Bonchev–Trinajstić information content (AvgIpc) is 2.17. The zero-order valence-electron chi connectivity index (χ0n) is 8.19. The maximum absolute atomic E-state index is 11.0. The zero-order valence-corrected chi connectivity index (χ0v) is 8.19. The van der Waals surface area contributed by atoms with E-state index in [2.05, 4.69) is 9.47 Å². The lowest BCUT2D eigenvalue weighted by molar-refractivity contribution is -0.147. The van der Waals surface area contributed by atoms with Crippen LogP contribution in [0.2, 0.25) is 0 Å². The molecule has 0 fully saturated rings. The lowest BCUT2D eigenvalue weighted by Crippen LogP contribution is -2.34. The molecule has 0 spiro atoms. The van der Waals surface area contributed by atoms with Crippen LogP contribution in [0.15, 0.2) is 0 Å².